The summed E-state index contributed by atoms with van der Waals surface area (Å²) in [6, 6.07) is 11.8. The van der Waals surface area contributed by atoms with Gasteiger partial charge in [-0.25, -0.2) is 4.98 Å². The van der Waals surface area contributed by atoms with E-state index < -0.39 is 0 Å². The van der Waals surface area contributed by atoms with Gasteiger partial charge in [-0.1, -0.05) is 0 Å². The predicted octanol–water partition coefficient (Wildman–Crippen LogP) is 2.41. The highest BCUT2D eigenvalue weighted by Gasteiger charge is 2.08. The number of pyridine rings is 1. The van der Waals surface area contributed by atoms with Crippen LogP contribution in [0.4, 0.5) is 11.5 Å². The van der Waals surface area contributed by atoms with Crippen LogP contribution in [0.15, 0.2) is 30.3 Å². The molecule has 0 aliphatic heterocycles. The van der Waals surface area contributed by atoms with E-state index in [0.29, 0.717) is 6.54 Å². The third-order valence-electron chi connectivity index (χ3n) is 2.86. The average Bonchev–Trinajstić information content (AvgIpc) is 2.37. The summed E-state index contributed by atoms with van der Waals surface area (Å²) in [5.74, 6) is 0.855. The molecule has 92 valence electrons. The van der Waals surface area contributed by atoms with Crippen LogP contribution < -0.4 is 10.6 Å². The van der Waals surface area contributed by atoms with E-state index in [0.717, 1.165) is 22.4 Å². The number of nitrogens with zero attached hydrogens (tertiary/aromatic N) is 3. The van der Waals surface area contributed by atoms with Crippen molar-refractivity contribution in [2.24, 2.45) is 5.92 Å². The van der Waals surface area contributed by atoms with Crippen LogP contribution in [0.5, 0.6) is 0 Å². The first-order valence-corrected chi connectivity index (χ1v) is 5.87. The van der Waals surface area contributed by atoms with Gasteiger partial charge >= 0.3 is 0 Å². The molecule has 4 heteroatoms. The van der Waals surface area contributed by atoms with E-state index >= 15 is 0 Å². The smallest absolute Gasteiger partial charge is 0.129 e. The van der Waals surface area contributed by atoms with Gasteiger partial charge in [0.1, 0.15) is 5.82 Å². The number of anilines is 2. The Morgan fingerprint density at radius 1 is 1.39 bits per heavy atom. The predicted molar refractivity (Wildman–Crippen MR) is 74.2 cm³/mol. The molecule has 4 nitrogen and oxygen atoms in total. The number of aromatic nitrogens is 1. The summed E-state index contributed by atoms with van der Waals surface area (Å²) in [4.78, 5) is 6.55. The van der Waals surface area contributed by atoms with E-state index in [1.165, 1.54) is 0 Å². The number of nitriles is 1. The van der Waals surface area contributed by atoms with Crippen LogP contribution in [-0.4, -0.2) is 18.6 Å². The van der Waals surface area contributed by atoms with Gasteiger partial charge in [-0.15, -0.1) is 0 Å². The van der Waals surface area contributed by atoms with Crippen molar-refractivity contribution in [1.82, 2.24) is 4.98 Å². The van der Waals surface area contributed by atoms with E-state index in [2.05, 4.69) is 11.1 Å². The summed E-state index contributed by atoms with van der Waals surface area (Å²) in [6.45, 7) is 2.57. The first-order valence-electron chi connectivity index (χ1n) is 5.87. The number of fused-ring (bicyclic) bond motifs is 1. The van der Waals surface area contributed by atoms with Crippen LogP contribution in [0, 0.1) is 17.2 Å². The first-order chi connectivity index (χ1) is 8.60. The summed E-state index contributed by atoms with van der Waals surface area (Å²) in [5, 5.41) is 9.85. The lowest BCUT2D eigenvalue weighted by molar-refractivity contribution is 0.711. The maximum atomic E-state index is 8.82. The highest BCUT2D eigenvalue weighted by atomic mass is 15.2. The molecule has 0 aliphatic rings. The molecule has 0 bridgehead atoms. The third kappa shape index (κ3) is 2.51. The summed E-state index contributed by atoms with van der Waals surface area (Å²) < 4.78 is 0. The molecule has 0 fully saturated rings. The molecule has 18 heavy (non-hydrogen) atoms. The van der Waals surface area contributed by atoms with E-state index in [4.69, 9.17) is 11.0 Å². The summed E-state index contributed by atoms with van der Waals surface area (Å²) >= 11 is 0. The zero-order valence-electron chi connectivity index (χ0n) is 10.6. The largest absolute Gasteiger partial charge is 0.399 e. The van der Waals surface area contributed by atoms with Crippen molar-refractivity contribution in [3.05, 3.63) is 30.3 Å². The Morgan fingerprint density at radius 2 is 2.17 bits per heavy atom. The Morgan fingerprint density at radius 3 is 2.89 bits per heavy atom. The van der Waals surface area contributed by atoms with E-state index in [1.807, 2.05) is 49.2 Å². The number of nitrogen functional groups attached to an aromatic ring is 1. The van der Waals surface area contributed by atoms with Crippen molar-refractivity contribution >= 4 is 22.4 Å². The second kappa shape index (κ2) is 4.92. The molecule has 0 saturated heterocycles. The summed E-state index contributed by atoms with van der Waals surface area (Å²) in [6.07, 6.45) is 0. The lowest BCUT2D eigenvalue weighted by Gasteiger charge is -2.19. The Hall–Kier alpha value is -2.28. The zero-order valence-corrected chi connectivity index (χ0v) is 10.6. The summed E-state index contributed by atoms with van der Waals surface area (Å²) in [7, 11) is 1.94. The standard InChI is InChI=1S/C14H16N4/c1-10(8-15)9-18(2)14-6-3-11-7-12(16)4-5-13(11)17-14/h3-7,10H,9,16H2,1-2H3. The van der Waals surface area contributed by atoms with Crippen LogP contribution in [0.25, 0.3) is 10.9 Å². The molecule has 1 aromatic heterocycles. The Kier molecular flexibility index (Phi) is 3.33. The quantitative estimate of drug-likeness (QED) is 0.837. The zero-order chi connectivity index (χ0) is 13.1. The lowest BCUT2D eigenvalue weighted by Crippen LogP contribution is -2.24. The highest BCUT2D eigenvalue weighted by Crippen LogP contribution is 2.20. The fourth-order valence-corrected chi connectivity index (χ4v) is 1.89. The van der Waals surface area contributed by atoms with E-state index in [9.17, 15) is 0 Å². The Bertz CT molecular complexity index is 600. The molecule has 2 aromatic rings. The molecule has 0 amide bonds. The van der Waals surface area contributed by atoms with Crippen LogP contribution in [0.1, 0.15) is 6.92 Å². The van der Waals surface area contributed by atoms with Crippen molar-refractivity contribution in [2.75, 3.05) is 24.2 Å². The molecule has 0 radical (unpaired) electrons. The minimum absolute atomic E-state index is 0.0149. The van der Waals surface area contributed by atoms with Gasteiger partial charge in [-0.05, 0) is 37.3 Å². The molecular formula is C14H16N4. The number of hydrogen-bond acceptors (Lipinski definition) is 4. The monoisotopic (exact) mass is 240 g/mol. The van der Waals surface area contributed by atoms with Crippen LogP contribution in [0.2, 0.25) is 0 Å². The normalized spacial score (nSPS) is 12.1. The van der Waals surface area contributed by atoms with Crippen molar-refractivity contribution in [3.8, 4) is 6.07 Å². The number of hydrogen-bond donors (Lipinski definition) is 1. The topological polar surface area (TPSA) is 65.9 Å². The number of benzene rings is 1. The van der Waals surface area contributed by atoms with Crippen molar-refractivity contribution in [1.29, 1.82) is 5.26 Å². The average molecular weight is 240 g/mol. The molecule has 0 spiro atoms. The fourth-order valence-electron chi connectivity index (χ4n) is 1.89. The number of rotatable bonds is 3. The highest BCUT2D eigenvalue weighted by molar-refractivity contribution is 5.83. The third-order valence-corrected chi connectivity index (χ3v) is 2.86. The van der Waals surface area contributed by atoms with Crippen LogP contribution in [0.3, 0.4) is 0 Å². The van der Waals surface area contributed by atoms with E-state index in [1.54, 1.807) is 0 Å². The SMILES string of the molecule is CC(C#N)CN(C)c1ccc2cc(N)ccc2n1. The molecular weight excluding hydrogens is 224 g/mol. The molecule has 1 aromatic carbocycles. The van der Waals surface area contributed by atoms with Crippen molar-refractivity contribution in [3.63, 3.8) is 0 Å². The lowest BCUT2D eigenvalue weighted by atomic mass is 10.2. The second-order valence-electron chi connectivity index (χ2n) is 4.53. The van der Waals surface area contributed by atoms with Gasteiger partial charge in [0.25, 0.3) is 0 Å². The molecule has 1 unspecified atom stereocenters. The molecule has 0 aliphatic carbocycles. The van der Waals surface area contributed by atoms with Gasteiger partial charge in [-0.2, -0.15) is 5.26 Å². The molecule has 1 atom stereocenters. The minimum Gasteiger partial charge on any atom is -0.399 e. The fraction of sp³-hybridized carbons (Fsp3) is 0.286. The van der Waals surface area contributed by atoms with E-state index in [-0.39, 0.29) is 5.92 Å². The van der Waals surface area contributed by atoms with Crippen LogP contribution >= 0.6 is 0 Å². The first kappa shape index (κ1) is 12.2. The van der Waals surface area contributed by atoms with Gasteiger partial charge in [-0.3, -0.25) is 0 Å². The van der Waals surface area contributed by atoms with Crippen molar-refractivity contribution < 1.29 is 0 Å². The second-order valence-corrected chi connectivity index (χ2v) is 4.53. The summed E-state index contributed by atoms with van der Waals surface area (Å²) in [5.41, 5.74) is 7.39. The molecule has 1 heterocycles. The number of nitrogens with two attached hydrogens (primary N) is 1. The van der Waals surface area contributed by atoms with Gasteiger partial charge in [0, 0.05) is 24.7 Å². The van der Waals surface area contributed by atoms with Gasteiger partial charge < -0.3 is 10.6 Å². The molecule has 2 rings (SSSR count). The van der Waals surface area contributed by atoms with Gasteiger partial charge in [0.05, 0.1) is 17.5 Å². The van der Waals surface area contributed by atoms with Crippen molar-refractivity contribution in [2.45, 2.75) is 6.92 Å². The Labute approximate surface area is 107 Å². The molecule has 0 saturated carbocycles. The van der Waals surface area contributed by atoms with Crippen LogP contribution in [-0.2, 0) is 0 Å². The maximum Gasteiger partial charge on any atom is 0.129 e. The Balaban J connectivity index is 2.30. The minimum atomic E-state index is -0.0149. The maximum absolute atomic E-state index is 8.82. The van der Waals surface area contributed by atoms with Gasteiger partial charge in [0.2, 0.25) is 0 Å². The van der Waals surface area contributed by atoms with Gasteiger partial charge in [0.15, 0.2) is 0 Å². The molecule has 2 N–H and O–H groups in total.